The van der Waals surface area contributed by atoms with Gasteiger partial charge in [0.2, 0.25) is 5.95 Å². The fraction of sp³-hybridized carbons (Fsp3) is 0.500. The standard InChI is InChI=1S/C24H30BrN5O6/c1-4-28-22(33)20-21(29(24(28)34)10-11-36-14(2)31)27-23(26-17-6-5-7-18(17)32)30(20)13-15-8-9-19(35-3)16(25)12-15/h8-9,12,17-18,32H,4-7,10-11,13H2,1-3H3,(H,26,27). The van der Waals surface area contributed by atoms with Gasteiger partial charge in [-0.1, -0.05) is 6.07 Å². The number of carbonyl (C=O) groups is 1. The van der Waals surface area contributed by atoms with Gasteiger partial charge in [0.05, 0.1) is 36.8 Å². The maximum atomic E-state index is 13.5. The van der Waals surface area contributed by atoms with E-state index in [1.54, 1.807) is 18.6 Å². The van der Waals surface area contributed by atoms with Gasteiger partial charge >= 0.3 is 11.7 Å². The van der Waals surface area contributed by atoms with Crippen molar-refractivity contribution in [3.05, 3.63) is 49.1 Å². The molecule has 0 spiro atoms. The van der Waals surface area contributed by atoms with Crippen LogP contribution in [0.4, 0.5) is 5.95 Å². The van der Waals surface area contributed by atoms with Crippen LogP contribution in [0.15, 0.2) is 32.3 Å². The molecule has 1 aliphatic rings. The molecule has 2 heterocycles. The lowest BCUT2D eigenvalue weighted by Gasteiger charge is -2.18. The maximum Gasteiger partial charge on any atom is 0.332 e. The van der Waals surface area contributed by atoms with Crippen molar-refractivity contribution in [2.45, 2.75) is 64.9 Å². The first-order chi connectivity index (χ1) is 17.2. The molecule has 12 heteroatoms. The van der Waals surface area contributed by atoms with Gasteiger partial charge in [-0.3, -0.25) is 23.3 Å². The highest BCUT2D eigenvalue weighted by Gasteiger charge is 2.28. The summed E-state index contributed by atoms with van der Waals surface area (Å²) >= 11 is 3.51. The molecular weight excluding hydrogens is 534 g/mol. The highest BCUT2D eigenvalue weighted by Crippen LogP contribution is 2.28. The van der Waals surface area contributed by atoms with E-state index < -0.39 is 23.3 Å². The topological polar surface area (TPSA) is 130 Å². The molecule has 0 aliphatic heterocycles. The summed E-state index contributed by atoms with van der Waals surface area (Å²) in [7, 11) is 1.58. The number of nitrogens with one attached hydrogen (secondary N) is 1. The van der Waals surface area contributed by atoms with Crippen LogP contribution >= 0.6 is 15.9 Å². The number of aromatic nitrogens is 4. The predicted octanol–water partition coefficient (Wildman–Crippen LogP) is 2.09. The fourth-order valence-electron chi connectivity index (χ4n) is 4.58. The molecule has 2 aromatic heterocycles. The summed E-state index contributed by atoms with van der Waals surface area (Å²) in [5.74, 6) is 0.597. The molecule has 0 saturated heterocycles. The number of benzene rings is 1. The van der Waals surface area contributed by atoms with E-state index in [1.807, 2.05) is 18.2 Å². The molecular formula is C24H30BrN5O6. The highest BCUT2D eigenvalue weighted by molar-refractivity contribution is 9.10. The van der Waals surface area contributed by atoms with Crippen LogP contribution in [0.5, 0.6) is 5.75 Å². The number of imidazole rings is 1. The number of ether oxygens (including phenoxy) is 2. The third-order valence-electron chi connectivity index (χ3n) is 6.40. The molecule has 36 heavy (non-hydrogen) atoms. The normalized spacial score (nSPS) is 17.5. The van der Waals surface area contributed by atoms with Gasteiger partial charge in [0.25, 0.3) is 5.56 Å². The number of aliphatic hydroxyl groups excluding tert-OH is 1. The monoisotopic (exact) mass is 563 g/mol. The quantitative estimate of drug-likeness (QED) is 0.378. The van der Waals surface area contributed by atoms with Crippen LogP contribution in [0, 0.1) is 0 Å². The molecule has 2 N–H and O–H groups in total. The molecule has 1 aliphatic carbocycles. The van der Waals surface area contributed by atoms with Gasteiger partial charge in [-0.05, 0) is 59.8 Å². The Morgan fingerprint density at radius 3 is 2.64 bits per heavy atom. The van der Waals surface area contributed by atoms with Crippen molar-refractivity contribution in [3.8, 4) is 5.75 Å². The second-order valence-electron chi connectivity index (χ2n) is 8.74. The summed E-state index contributed by atoms with van der Waals surface area (Å²) in [4.78, 5) is 42.6. The van der Waals surface area contributed by atoms with E-state index in [1.165, 1.54) is 11.5 Å². The molecule has 4 rings (SSSR count). The number of esters is 1. The smallest absolute Gasteiger partial charge is 0.332 e. The zero-order chi connectivity index (χ0) is 26.0. The summed E-state index contributed by atoms with van der Waals surface area (Å²) < 4.78 is 15.4. The molecule has 1 fully saturated rings. The Kier molecular flexibility index (Phi) is 7.84. The molecule has 0 amide bonds. The van der Waals surface area contributed by atoms with E-state index in [4.69, 9.17) is 9.47 Å². The number of rotatable bonds is 9. The molecule has 2 atom stereocenters. The third kappa shape index (κ3) is 5.05. The van der Waals surface area contributed by atoms with E-state index in [9.17, 15) is 19.5 Å². The van der Waals surface area contributed by atoms with Crippen LogP contribution in [0.1, 0.15) is 38.7 Å². The molecule has 0 bridgehead atoms. The van der Waals surface area contributed by atoms with Crippen molar-refractivity contribution in [1.29, 1.82) is 0 Å². The Morgan fingerprint density at radius 2 is 2.03 bits per heavy atom. The minimum atomic E-state index is -0.535. The van der Waals surface area contributed by atoms with Crippen LogP contribution in [0.2, 0.25) is 0 Å². The Balaban J connectivity index is 1.89. The number of methoxy groups -OCH3 is 1. The summed E-state index contributed by atoms with van der Waals surface area (Å²) in [5, 5.41) is 13.7. The summed E-state index contributed by atoms with van der Waals surface area (Å²) in [6, 6.07) is 5.39. The molecule has 1 saturated carbocycles. The number of halogens is 1. The Bertz CT molecular complexity index is 1390. The summed E-state index contributed by atoms with van der Waals surface area (Å²) in [6.45, 7) is 3.48. The second kappa shape index (κ2) is 10.9. The Morgan fingerprint density at radius 1 is 1.25 bits per heavy atom. The SMILES string of the molecule is CCn1c(=O)c2c(nc(NC3CCCC3O)n2Cc2ccc(OC)c(Br)c2)n(CCOC(C)=O)c1=O. The van der Waals surface area contributed by atoms with Crippen LogP contribution in [-0.4, -0.2) is 55.6 Å². The number of anilines is 1. The van der Waals surface area contributed by atoms with Crippen molar-refractivity contribution in [2.75, 3.05) is 19.0 Å². The van der Waals surface area contributed by atoms with Gasteiger partial charge in [-0.25, -0.2) is 4.79 Å². The minimum Gasteiger partial charge on any atom is -0.496 e. The van der Waals surface area contributed by atoms with Gasteiger partial charge < -0.3 is 19.9 Å². The summed E-state index contributed by atoms with van der Waals surface area (Å²) in [6.07, 6.45) is 1.78. The van der Waals surface area contributed by atoms with Gasteiger partial charge in [-0.2, -0.15) is 4.98 Å². The maximum absolute atomic E-state index is 13.5. The van der Waals surface area contributed by atoms with E-state index in [2.05, 4.69) is 26.2 Å². The van der Waals surface area contributed by atoms with Crippen molar-refractivity contribution in [1.82, 2.24) is 18.7 Å². The second-order valence-corrected chi connectivity index (χ2v) is 9.59. The average molecular weight is 564 g/mol. The molecule has 2 unspecified atom stereocenters. The molecule has 0 radical (unpaired) electrons. The predicted molar refractivity (Wildman–Crippen MR) is 138 cm³/mol. The number of fused-ring (bicyclic) bond motifs is 1. The molecule has 194 valence electrons. The van der Waals surface area contributed by atoms with E-state index in [0.29, 0.717) is 18.1 Å². The van der Waals surface area contributed by atoms with E-state index in [0.717, 1.165) is 27.4 Å². The molecule has 3 aromatic rings. The molecule has 11 nitrogen and oxygen atoms in total. The highest BCUT2D eigenvalue weighted by atomic mass is 79.9. The lowest BCUT2D eigenvalue weighted by atomic mass is 10.2. The number of hydrogen-bond acceptors (Lipinski definition) is 8. The van der Waals surface area contributed by atoms with Crippen LogP contribution in [0.3, 0.4) is 0 Å². The zero-order valence-electron chi connectivity index (χ0n) is 20.5. The van der Waals surface area contributed by atoms with Gasteiger partial charge in [-0.15, -0.1) is 0 Å². The Hall–Kier alpha value is -3.12. The fourth-order valence-corrected chi connectivity index (χ4v) is 5.17. The average Bonchev–Trinajstić information content (AvgIpc) is 3.40. The first-order valence-corrected chi connectivity index (χ1v) is 12.7. The van der Waals surface area contributed by atoms with Crippen molar-refractivity contribution in [2.24, 2.45) is 0 Å². The largest absolute Gasteiger partial charge is 0.496 e. The number of carbonyl (C=O) groups excluding carboxylic acids is 1. The van der Waals surface area contributed by atoms with Gasteiger partial charge in [0.1, 0.15) is 12.4 Å². The van der Waals surface area contributed by atoms with E-state index in [-0.39, 0.29) is 43.4 Å². The lowest BCUT2D eigenvalue weighted by molar-refractivity contribution is -0.141. The van der Waals surface area contributed by atoms with Gasteiger partial charge in [0.15, 0.2) is 11.2 Å². The van der Waals surface area contributed by atoms with Crippen molar-refractivity contribution < 1.29 is 19.4 Å². The zero-order valence-corrected chi connectivity index (χ0v) is 22.1. The van der Waals surface area contributed by atoms with Crippen LogP contribution in [0.25, 0.3) is 11.2 Å². The van der Waals surface area contributed by atoms with Crippen molar-refractivity contribution >= 4 is 39.0 Å². The number of nitrogens with zero attached hydrogens (tertiary/aromatic N) is 4. The Labute approximate surface area is 215 Å². The van der Waals surface area contributed by atoms with Crippen LogP contribution < -0.4 is 21.3 Å². The van der Waals surface area contributed by atoms with E-state index >= 15 is 0 Å². The third-order valence-corrected chi connectivity index (χ3v) is 7.02. The number of hydrogen-bond donors (Lipinski definition) is 2. The molecule has 1 aromatic carbocycles. The van der Waals surface area contributed by atoms with Crippen LogP contribution in [-0.2, 0) is 29.2 Å². The van der Waals surface area contributed by atoms with Crippen molar-refractivity contribution in [3.63, 3.8) is 0 Å². The van der Waals surface area contributed by atoms with Gasteiger partial charge in [0, 0.05) is 13.5 Å². The number of aliphatic hydroxyl groups is 1. The first kappa shape index (κ1) is 26.0. The summed E-state index contributed by atoms with van der Waals surface area (Å²) in [5.41, 5.74) is 0.343. The minimum absolute atomic E-state index is 0.0331. The first-order valence-electron chi connectivity index (χ1n) is 11.9. The lowest BCUT2D eigenvalue weighted by Crippen LogP contribution is -2.41.